The van der Waals surface area contributed by atoms with Crippen LogP contribution in [0.4, 0.5) is 0 Å². The van der Waals surface area contributed by atoms with Crippen molar-refractivity contribution in [3.8, 4) is 0 Å². The molecule has 1 aromatic carbocycles. The molecule has 0 bridgehead atoms. The summed E-state index contributed by atoms with van der Waals surface area (Å²) >= 11 is 0. The summed E-state index contributed by atoms with van der Waals surface area (Å²) in [5.74, 6) is -0.325. The van der Waals surface area contributed by atoms with Gasteiger partial charge in [0.15, 0.2) is 0 Å². The van der Waals surface area contributed by atoms with Crippen molar-refractivity contribution >= 4 is 22.9 Å². The van der Waals surface area contributed by atoms with Crippen LogP contribution >= 0.6 is 0 Å². The van der Waals surface area contributed by atoms with Gasteiger partial charge in [0.2, 0.25) is 0 Å². The molecule has 3 rings (SSSR count). The van der Waals surface area contributed by atoms with E-state index in [0.29, 0.717) is 5.69 Å². The second-order valence-electron chi connectivity index (χ2n) is 6.44. The molecule has 0 aliphatic heterocycles. The first-order chi connectivity index (χ1) is 12.0. The molecule has 7 nitrogen and oxygen atoms in total. The van der Waals surface area contributed by atoms with Gasteiger partial charge in [0, 0.05) is 17.3 Å². The number of hydroxylamine groups is 1. The van der Waals surface area contributed by atoms with Crippen molar-refractivity contribution in [1.82, 2.24) is 25.5 Å². The number of fused-ring (bicyclic) bond motifs is 1. The molecule has 0 aliphatic carbocycles. The Labute approximate surface area is 145 Å². The number of nitrogens with zero attached hydrogens (tertiary/aromatic N) is 3. The molecule has 7 heteroatoms. The van der Waals surface area contributed by atoms with Crippen LogP contribution in [0.25, 0.3) is 17.0 Å². The number of aromatic amines is 1. The molecule has 1 amide bonds. The van der Waals surface area contributed by atoms with Crippen LogP contribution in [0.5, 0.6) is 0 Å². The van der Waals surface area contributed by atoms with Gasteiger partial charge < -0.3 is 4.98 Å². The number of hydrogen-bond donors (Lipinski definition) is 3. The van der Waals surface area contributed by atoms with Crippen LogP contribution in [0.15, 0.2) is 36.5 Å². The molecule has 0 aliphatic rings. The van der Waals surface area contributed by atoms with Crippen molar-refractivity contribution in [1.29, 1.82) is 0 Å². The maximum atomic E-state index is 11.1. The van der Waals surface area contributed by atoms with E-state index < -0.39 is 5.91 Å². The van der Waals surface area contributed by atoms with Gasteiger partial charge in [-0.3, -0.25) is 10.0 Å². The van der Waals surface area contributed by atoms with E-state index in [1.807, 2.05) is 0 Å². The fourth-order valence-corrected chi connectivity index (χ4v) is 2.94. The number of hydrogen-bond acceptors (Lipinski definition) is 4. The van der Waals surface area contributed by atoms with Crippen molar-refractivity contribution in [2.75, 3.05) is 0 Å². The topological polar surface area (TPSA) is 95.8 Å². The molecule has 0 fully saturated rings. The zero-order valence-corrected chi connectivity index (χ0v) is 14.4. The third kappa shape index (κ3) is 3.61. The normalized spacial score (nSPS) is 13.0. The number of nitrogens with one attached hydrogen (secondary N) is 2. The first kappa shape index (κ1) is 16.9. The van der Waals surface area contributed by atoms with E-state index in [4.69, 9.17) is 5.21 Å². The minimum atomic E-state index is -0.610. The Morgan fingerprint density at radius 1 is 1.36 bits per heavy atom. The van der Waals surface area contributed by atoms with Crippen molar-refractivity contribution < 1.29 is 10.0 Å². The minimum Gasteiger partial charge on any atom is -0.357 e. The number of rotatable bonds is 5. The maximum Gasteiger partial charge on any atom is 0.267 e. The first-order valence-electron chi connectivity index (χ1n) is 8.11. The van der Waals surface area contributed by atoms with Crippen LogP contribution in [0, 0.1) is 12.8 Å². The van der Waals surface area contributed by atoms with E-state index in [1.54, 1.807) is 16.4 Å². The lowest BCUT2D eigenvalue weighted by Crippen LogP contribution is -2.17. The molecule has 1 unspecified atom stereocenters. The third-order valence-corrected chi connectivity index (χ3v) is 4.08. The lowest BCUT2D eigenvalue weighted by Gasteiger charge is -2.19. The number of aromatic nitrogens is 4. The van der Waals surface area contributed by atoms with Crippen LogP contribution in [0.3, 0.4) is 0 Å². The van der Waals surface area contributed by atoms with Gasteiger partial charge in [-0.25, -0.2) is 10.2 Å². The predicted molar refractivity (Wildman–Crippen MR) is 95.0 cm³/mol. The van der Waals surface area contributed by atoms with Gasteiger partial charge in [-0.1, -0.05) is 30.7 Å². The quantitative estimate of drug-likeness (QED) is 0.378. The monoisotopic (exact) mass is 339 g/mol. The van der Waals surface area contributed by atoms with Crippen molar-refractivity contribution in [2.24, 2.45) is 5.92 Å². The van der Waals surface area contributed by atoms with E-state index in [0.717, 1.165) is 11.2 Å². The molecule has 3 aromatic rings. The van der Waals surface area contributed by atoms with Crippen LogP contribution in [0.2, 0.25) is 0 Å². The summed E-state index contributed by atoms with van der Waals surface area (Å²) in [4.78, 5) is 14.5. The van der Waals surface area contributed by atoms with Crippen LogP contribution in [-0.2, 0) is 4.79 Å². The van der Waals surface area contributed by atoms with E-state index in [1.165, 1.54) is 23.1 Å². The standard InChI is InChI=1S/C18H21N5O2/c1-11(2)18(16-9-13-8-12(3)4-6-15(13)19-16)23-10-14(20-22-23)5-7-17(24)21-25/h4-11,18-19,25H,1-3H3,(H,21,24). The van der Waals surface area contributed by atoms with Gasteiger partial charge >= 0.3 is 0 Å². The molecule has 2 aromatic heterocycles. The van der Waals surface area contributed by atoms with Gasteiger partial charge in [-0.15, -0.1) is 5.10 Å². The summed E-state index contributed by atoms with van der Waals surface area (Å²) in [6.45, 7) is 6.32. The Kier molecular flexibility index (Phi) is 4.67. The summed E-state index contributed by atoms with van der Waals surface area (Å²) in [6.07, 6.45) is 4.48. The SMILES string of the molecule is Cc1ccc2[nH]c(C(C(C)C)n3cc(C=CC(=O)NO)nn3)cc2c1. The molecule has 0 spiro atoms. The van der Waals surface area contributed by atoms with Crippen molar-refractivity contribution in [2.45, 2.75) is 26.8 Å². The summed E-state index contributed by atoms with van der Waals surface area (Å²) in [6, 6.07) is 8.44. The number of carbonyl (C=O) groups is 1. The lowest BCUT2D eigenvalue weighted by molar-refractivity contribution is -0.124. The highest BCUT2D eigenvalue weighted by molar-refractivity contribution is 5.90. The van der Waals surface area contributed by atoms with Gasteiger partial charge in [0.25, 0.3) is 5.91 Å². The summed E-state index contributed by atoms with van der Waals surface area (Å²) in [5, 5.41) is 18.0. The Balaban J connectivity index is 1.94. The number of carbonyl (C=O) groups excluding carboxylic acids is 1. The largest absolute Gasteiger partial charge is 0.357 e. The zero-order valence-electron chi connectivity index (χ0n) is 14.4. The van der Waals surface area contributed by atoms with E-state index >= 15 is 0 Å². The average Bonchev–Trinajstić information content (AvgIpc) is 3.19. The van der Waals surface area contributed by atoms with Crippen molar-refractivity contribution in [3.63, 3.8) is 0 Å². The maximum absolute atomic E-state index is 11.1. The highest BCUT2D eigenvalue weighted by Crippen LogP contribution is 2.28. The zero-order chi connectivity index (χ0) is 18.0. The molecular weight excluding hydrogens is 318 g/mol. The fourth-order valence-electron chi connectivity index (χ4n) is 2.94. The minimum absolute atomic E-state index is 0.00553. The van der Waals surface area contributed by atoms with Crippen molar-refractivity contribution in [3.05, 3.63) is 53.5 Å². The lowest BCUT2D eigenvalue weighted by atomic mass is 10.0. The molecule has 0 radical (unpaired) electrons. The van der Waals surface area contributed by atoms with Gasteiger partial charge in [-0.2, -0.15) is 0 Å². The van der Waals surface area contributed by atoms with Gasteiger partial charge in [-0.05, 0) is 42.5 Å². The Morgan fingerprint density at radius 2 is 2.16 bits per heavy atom. The number of benzene rings is 1. The molecular formula is C18H21N5O2. The van der Waals surface area contributed by atoms with E-state index in [2.05, 4.69) is 60.3 Å². The van der Waals surface area contributed by atoms with E-state index in [-0.39, 0.29) is 12.0 Å². The molecule has 25 heavy (non-hydrogen) atoms. The first-order valence-corrected chi connectivity index (χ1v) is 8.11. The van der Waals surface area contributed by atoms with Gasteiger partial charge in [0.05, 0.1) is 12.2 Å². The summed E-state index contributed by atoms with van der Waals surface area (Å²) in [5.41, 5.74) is 5.45. The number of aryl methyl sites for hydroxylation is 1. The number of H-pyrrole nitrogens is 1. The van der Waals surface area contributed by atoms with Crippen LogP contribution in [-0.4, -0.2) is 31.1 Å². The second kappa shape index (κ2) is 6.90. The Morgan fingerprint density at radius 3 is 2.88 bits per heavy atom. The highest BCUT2D eigenvalue weighted by Gasteiger charge is 2.21. The molecule has 130 valence electrons. The van der Waals surface area contributed by atoms with E-state index in [9.17, 15) is 4.79 Å². The molecule has 1 atom stereocenters. The smallest absolute Gasteiger partial charge is 0.267 e. The summed E-state index contributed by atoms with van der Waals surface area (Å²) < 4.78 is 1.79. The predicted octanol–water partition coefficient (Wildman–Crippen LogP) is 2.83. The third-order valence-electron chi connectivity index (χ3n) is 4.08. The molecule has 3 N–H and O–H groups in total. The Hall–Kier alpha value is -2.93. The second-order valence-corrected chi connectivity index (χ2v) is 6.44. The molecule has 0 saturated heterocycles. The molecule has 0 saturated carbocycles. The van der Waals surface area contributed by atoms with Crippen LogP contribution in [0.1, 0.15) is 36.8 Å². The average molecular weight is 339 g/mol. The molecule has 2 heterocycles. The summed E-state index contributed by atoms with van der Waals surface area (Å²) in [7, 11) is 0. The Bertz CT molecular complexity index is 923. The van der Waals surface area contributed by atoms with Crippen LogP contribution < -0.4 is 5.48 Å². The fraction of sp³-hybridized carbons (Fsp3) is 0.278. The van der Waals surface area contributed by atoms with Gasteiger partial charge in [0.1, 0.15) is 5.69 Å². The number of amides is 1. The highest BCUT2D eigenvalue weighted by atomic mass is 16.5.